The van der Waals surface area contributed by atoms with Crippen LogP contribution in [0.5, 0.6) is 5.75 Å². The number of nitriles is 1. The normalized spacial score (nSPS) is 16.8. The lowest BCUT2D eigenvalue weighted by Gasteiger charge is -2.29. The maximum absolute atomic E-state index is 14.6. The first-order valence-corrected chi connectivity index (χ1v) is 15.1. The number of ether oxygens (including phenoxy) is 2. The van der Waals surface area contributed by atoms with Gasteiger partial charge in [0.15, 0.2) is 11.6 Å². The van der Waals surface area contributed by atoms with Crippen molar-refractivity contribution in [2.75, 3.05) is 19.7 Å². The SMILES string of the molecule is N#Cc1ccc(COc2cc(C3=CCN(Cc4nc5cc(-c6noc(C(F)(F)F)n6)ncc5n4CC4CCO4)CC3)ccc2F)c(F)c1. The van der Waals surface area contributed by atoms with Crippen molar-refractivity contribution in [1.29, 1.82) is 5.26 Å². The molecule has 246 valence electrons. The number of hydrogen-bond acceptors (Lipinski definition) is 9. The predicted molar refractivity (Wildman–Crippen MR) is 160 cm³/mol. The van der Waals surface area contributed by atoms with Crippen molar-refractivity contribution in [1.82, 2.24) is 29.6 Å². The summed E-state index contributed by atoms with van der Waals surface area (Å²) < 4.78 is 85.6. The fourth-order valence-corrected chi connectivity index (χ4v) is 5.62. The molecule has 5 aromatic rings. The van der Waals surface area contributed by atoms with E-state index in [9.17, 15) is 22.0 Å². The number of nitrogens with zero attached hydrogens (tertiary/aromatic N) is 7. The monoisotopic (exact) mass is 663 g/mol. The fourth-order valence-electron chi connectivity index (χ4n) is 5.62. The van der Waals surface area contributed by atoms with Crippen LogP contribution in [0.2, 0.25) is 0 Å². The first-order chi connectivity index (χ1) is 23.1. The molecule has 0 saturated carbocycles. The second kappa shape index (κ2) is 12.8. The van der Waals surface area contributed by atoms with Crippen LogP contribution in [-0.4, -0.2) is 55.4 Å². The van der Waals surface area contributed by atoms with Gasteiger partial charge in [0.1, 0.15) is 23.9 Å². The molecule has 0 amide bonds. The zero-order valence-corrected chi connectivity index (χ0v) is 25.2. The third-order valence-electron chi connectivity index (χ3n) is 8.32. The lowest BCUT2D eigenvalue weighted by Crippen LogP contribution is -2.33. The maximum atomic E-state index is 14.6. The molecule has 2 aromatic carbocycles. The zero-order chi connectivity index (χ0) is 33.4. The number of imidazole rings is 1. The number of fused-ring (bicyclic) bond motifs is 1. The summed E-state index contributed by atoms with van der Waals surface area (Å²) in [6.07, 6.45) is 0.403. The molecule has 7 rings (SSSR count). The van der Waals surface area contributed by atoms with Gasteiger partial charge in [0.25, 0.3) is 0 Å². The van der Waals surface area contributed by atoms with Gasteiger partial charge in [-0.05, 0) is 54.3 Å². The Morgan fingerprint density at radius 3 is 2.60 bits per heavy atom. The second-order valence-electron chi connectivity index (χ2n) is 11.5. The van der Waals surface area contributed by atoms with Gasteiger partial charge in [-0.2, -0.15) is 23.4 Å². The van der Waals surface area contributed by atoms with Crippen molar-refractivity contribution in [2.24, 2.45) is 0 Å². The van der Waals surface area contributed by atoms with Crippen molar-refractivity contribution in [3.63, 3.8) is 0 Å². The average molecular weight is 664 g/mol. The van der Waals surface area contributed by atoms with Crippen LogP contribution in [0, 0.1) is 23.0 Å². The lowest BCUT2D eigenvalue weighted by atomic mass is 9.99. The third-order valence-corrected chi connectivity index (χ3v) is 8.32. The highest BCUT2D eigenvalue weighted by molar-refractivity contribution is 5.79. The Labute approximate surface area is 270 Å². The van der Waals surface area contributed by atoms with Crippen molar-refractivity contribution >= 4 is 16.6 Å². The van der Waals surface area contributed by atoms with Crippen LogP contribution in [0.4, 0.5) is 22.0 Å². The highest BCUT2D eigenvalue weighted by Crippen LogP contribution is 2.32. The number of halogens is 5. The van der Waals surface area contributed by atoms with Crippen LogP contribution in [0.15, 0.2) is 59.3 Å². The molecule has 2 aliphatic rings. The van der Waals surface area contributed by atoms with Crippen LogP contribution < -0.4 is 4.74 Å². The molecule has 48 heavy (non-hydrogen) atoms. The van der Waals surface area contributed by atoms with E-state index >= 15 is 0 Å². The summed E-state index contributed by atoms with van der Waals surface area (Å²) in [4.78, 5) is 14.7. The summed E-state index contributed by atoms with van der Waals surface area (Å²) in [6.45, 7) is 2.76. The summed E-state index contributed by atoms with van der Waals surface area (Å²) in [5, 5.41) is 12.4. The van der Waals surface area contributed by atoms with Crippen molar-refractivity contribution in [2.45, 2.75) is 44.8 Å². The van der Waals surface area contributed by atoms with Crippen LogP contribution in [-0.2, 0) is 30.6 Å². The van der Waals surface area contributed by atoms with Crippen LogP contribution in [0.1, 0.15) is 41.2 Å². The van der Waals surface area contributed by atoms with Crippen molar-refractivity contribution in [3.8, 4) is 23.3 Å². The molecule has 10 nitrogen and oxygen atoms in total. The van der Waals surface area contributed by atoms with E-state index in [2.05, 4.69) is 30.6 Å². The predicted octanol–water partition coefficient (Wildman–Crippen LogP) is 6.31. The number of hydrogen-bond donors (Lipinski definition) is 0. The van der Waals surface area contributed by atoms with Gasteiger partial charge in [0, 0.05) is 25.3 Å². The summed E-state index contributed by atoms with van der Waals surface area (Å²) in [6, 6.07) is 12.0. The molecule has 0 aliphatic carbocycles. The maximum Gasteiger partial charge on any atom is 0.471 e. The van der Waals surface area contributed by atoms with E-state index in [0.29, 0.717) is 50.2 Å². The van der Waals surface area contributed by atoms with Crippen molar-refractivity contribution < 1.29 is 35.9 Å². The minimum Gasteiger partial charge on any atom is -0.486 e. The molecule has 15 heteroatoms. The molecule has 1 atom stereocenters. The number of pyridine rings is 1. The average Bonchev–Trinajstić information content (AvgIpc) is 3.68. The van der Waals surface area contributed by atoms with E-state index in [1.807, 2.05) is 10.6 Å². The quantitative estimate of drug-likeness (QED) is 0.168. The van der Waals surface area contributed by atoms with Gasteiger partial charge in [-0.25, -0.2) is 13.8 Å². The van der Waals surface area contributed by atoms with Crippen LogP contribution >= 0.6 is 0 Å². The van der Waals surface area contributed by atoms with Gasteiger partial charge >= 0.3 is 12.1 Å². The molecule has 5 heterocycles. The van der Waals surface area contributed by atoms with E-state index < -0.39 is 23.7 Å². The number of alkyl halides is 3. The smallest absolute Gasteiger partial charge is 0.471 e. The summed E-state index contributed by atoms with van der Waals surface area (Å²) in [5.41, 5.74) is 3.52. The fraction of sp³-hybridized carbons (Fsp3) is 0.303. The van der Waals surface area contributed by atoms with Gasteiger partial charge in [-0.3, -0.25) is 9.88 Å². The zero-order valence-electron chi connectivity index (χ0n) is 25.2. The Hall–Kier alpha value is -5.20. The van der Waals surface area contributed by atoms with E-state index in [-0.39, 0.29) is 41.1 Å². The Morgan fingerprint density at radius 1 is 1.06 bits per heavy atom. The molecule has 3 aromatic heterocycles. The molecule has 2 aliphatic heterocycles. The molecule has 1 unspecified atom stereocenters. The first-order valence-electron chi connectivity index (χ1n) is 15.1. The molecular weight excluding hydrogens is 637 g/mol. The Bertz CT molecular complexity index is 2060. The Balaban J connectivity index is 1.07. The van der Waals surface area contributed by atoms with Crippen LogP contribution in [0.3, 0.4) is 0 Å². The minimum absolute atomic E-state index is 0.00468. The molecule has 0 radical (unpaired) electrons. The summed E-state index contributed by atoms with van der Waals surface area (Å²) in [7, 11) is 0. The summed E-state index contributed by atoms with van der Waals surface area (Å²) >= 11 is 0. The molecule has 0 spiro atoms. The molecule has 1 saturated heterocycles. The Kier molecular flexibility index (Phi) is 8.36. The Morgan fingerprint density at radius 2 is 1.92 bits per heavy atom. The molecular formula is C33H26F5N7O3. The summed E-state index contributed by atoms with van der Waals surface area (Å²) in [5.74, 6) is -2.17. The molecule has 1 fully saturated rings. The van der Waals surface area contributed by atoms with E-state index in [1.165, 1.54) is 18.2 Å². The largest absolute Gasteiger partial charge is 0.486 e. The first kappa shape index (κ1) is 31.4. The van der Waals surface area contributed by atoms with Gasteiger partial charge in [0.05, 0.1) is 48.1 Å². The number of benzene rings is 2. The highest BCUT2D eigenvalue weighted by Gasteiger charge is 2.38. The van der Waals surface area contributed by atoms with Gasteiger partial charge in [-0.1, -0.05) is 23.4 Å². The van der Waals surface area contributed by atoms with Gasteiger partial charge < -0.3 is 18.6 Å². The molecule has 0 N–H and O–H groups in total. The number of aromatic nitrogens is 5. The highest BCUT2D eigenvalue weighted by atomic mass is 19.4. The second-order valence-corrected chi connectivity index (χ2v) is 11.5. The lowest BCUT2D eigenvalue weighted by molar-refractivity contribution is -0.159. The van der Waals surface area contributed by atoms with E-state index in [1.54, 1.807) is 24.4 Å². The topological polar surface area (TPSA) is 115 Å². The van der Waals surface area contributed by atoms with E-state index in [0.717, 1.165) is 29.4 Å². The van der Waals surface area contributed by atoms with Crippen LogP contribution in [0.25, 0.3) is 28.1 Å². The number of rotatable bonds is 9. The van der Waals surface area contributed by atoms with Gasteiger partial charge in [-0.15, -0.1) is 0 Å². The molecule has 0 bridgehead atoms. The van der Waals surface area contributed by atoms with Gasteiger partial charge in [0.2, 0.25) is 5.82 Å². The standard InChI is InChI=1S/C33H26F5N7O3/c34-24-4-3-21(12-29(24)47-18-22-2-1-19(14-39)11-25(22)35)20-5-8-44(9-6-20)17-30-41-26-13-27(31-42-32(48-43-31)33(36,37)38)40-15-28(26)45(30)16-23-7-10-46-23/h1-5,11-13,15,23H,6-10,16-18H2. The minimum atomic E-state index is -4.77. The van der Waals surface area contributed by atoms with E-state index in [4.69, 9.17) is 19.7 Å². The third kappa shape index (κ3) is 6.49. The van der Waals surface area contributed by atoms with Crippen molar-refractivity contribution in [3.05, 3.63) is 94.8 Å².